The van der Waals surface area contributed by atoms with Crippen molar-refractivity contribution in [3.05, 3.63) is 29.8 Å². The van der Waals surface area contributed by atoms with Gasteiger partial charge < -0.3 is 16.2 Å². The zero-order valence-corrected chi connectivity index (χ0v) is 10.4. The zero-order chi connectivity index (χ0) is 12.2. The van der Waals surface area contributed by atoms with Gasteiger partial charge in [0.05, 0.1) is 7.11 Å². The number of benzene rings is 1. The lowest BCUT2D eigenvalue weighted by atomic mass is 9.84. The highest BCUT2D eigenvalue weighted by Gasteiger charge is 2.20. The van der Waals surface area contributed by atoms with E-state index in [1.165, 1.54) is 0 Å². The van der Waals surface area contributed by atoms with Crippen molar-refractivity contribution in [2.75, 3.05) is 13.7 Å². The molecule has 0 spiro atoms. The molecule has 0 radical (unpaired) electrons. The van der Waals surface area contributed by atoms with E-state index >= 15 is 0 Å². The van der Waals surface area contributed by atoms with Gasteiger partial charge in [-0.3, -0.25) is 0 Å². The van der Waals surface area contributed by atoms with E-state index in [9.17, 15) is 0 Å². The number of ether oxygens (including phenoxy) is 1. The Balaban J connectivity index is 2.76. The van der Waals surface area contributed by atoms with E-state index in [0.29, 0.717) is 6.54 Å². The maximum atomic E-state index is 6.17. The van der Waals surface area contributed by atoms with Gasteiger partial charge in [0.25, 0.3) is 0 Å². The Hall–Kier alpha value is -1.06. The monoisotopic (exact) mass is 222 g/mol. The highest BCUT2D eigenvalue weighted by molar-refractivity contribution is 5.30. The average Bonchev–Trinajstić information content (AvgIpc) is 2.28. The molecule has 0 bridgehead atoms. The first-order valence-electron chi connectivity index (χ1n) is 5.58. The van der Waals surface area contributed by atoms with E-state index < -0.39 is 0 Å². The minimum absolute atomic E-state index is 0.00801. The fourth-order valence-corrected chi connectivity index (χ4v) is 1.67. The van der Waals surface area contributed by atoms with Gasteiger partial charge in [-0.05, 0) is 36.1 Å². The standard InChI is InChI=1S/C13H22N2O/c1-13(2,9-14)8-12(15)10-5-4-6-11(7-10)16-3/h4-7,12H,8-9,14-15H2,1-3H3. The summed E-state index contributed by atoms with van der Waals surface area (Å²) in [5.74, 6) is 0.846. The van der Waals surface area contributed by atoms with Crippen LogP contribution in [0, 0.1) is 5.41 Å². The van der Waals surface area contributed by atoms with Gasteiger partial charge in [0.15, 0.2) is 0 Å². The maximum absolute atomic E-state index is 6.17. The molecule has 0 amide bonds. The van der Waals surface area contributed by atoms with Crippen molar-refractivity contribution in [2.24, 2.45) is 16.9 Å². The molecule has 0 fully saturated rings. The summed E-state index contributed by atoms with van der Waals surface area (Å²) in [6, 6.07) is 7.90. The number of hydrogen-bond donors (Lipinski definition) is 2. The maximum Gasteiger partial charge on any atom is 0.119 e. The molecular formula is C13H22N2O. The number of methoxy groups -OCH3 is 1. The van der Waals surface area contributed by atoms with Crippen molar-refractivity contribution in [1.82, 2.24) is 0 Å². The summed E-state index contributed by atoms with van der Waals surface area (Å²) in [7, 11) is 1.66. The second kappa shape index (κ2) is 5.32. The van der Waals surface area contributed by atoms with Crippen molar-refractivity contribution in [3.8, 4) is 5.75 Å². The van der Waals surface area contributed by atoms with Crippen LogP contribution in [0.2, 0.25) is 0 Å². The predicted molar refractivity (Wildman–Crippen MR) is 67.4 cm³/mol. The third-order valence-corrected chi connectivity index (χ3v) is 2.85. The van der Waals surface area contributed by atoms with Crippen LogP contribution in [-0.2, 0) is 0 Å². The van der Waals surface area contributed by atoms with E-state index in [1.807, 2.05) is 24.3 Å². The summed E-state index contributed by atoms with van der Waals surface area (Å²) in [5, 5.41) is 0. The Morgan fingerprint density at radius 2 is 2.06 bits per heavy atom. The highest BCUT2D eigenvalue weighted by Crippen LogP contribution is 2.28. The normalized spacial score (nSPS) is 13.6. The van der Waals surface area contributed by atoms with Crippen LogP contribution in [0.1, 0.15) is 31.9 Å². The van der Waals surface area contributed by atoms with Crippen molar-refractivity contribution in [1.29, 1.82) is 0 Å². The Morgan fingerprint density at radius 1 is 1.38 bits per heavy atom. The minimum Gasteiger partial charge on any atom is -0.497 e. The van der Waals surface area contributed by atoms with E-state index in [2.05, 4.69) is 13.8 Å². The highest BCUT2D eigenvalue weighted by atomic mass is 16.5. The van der Waals surface area contributed by atoms with Crippen molar-refractivity contribution >= 4 is 0 Å². The molecule has 0 aromatic heterocycles. The second-order valence-corrected chi connectivity index (χ2v) is 4.96. The summed E-state index contributed by atoms with van der Waals surface area (Å²) < 4.78 is 5.18. The first kappa shape index (κ1) is 13.0. The van der Waals surface area contributed by atoms with Gasteiger partial charge in [0.1, 0.15) is 5.75 Å². The summed E-state index contributed by atoms with van der Waals surface area (Å²) in [4.78, 5) is 0. The van der Waals surface area contributed by atoms with Crippen LogP contribution in [0.15, 0.2) is 24.3 Å². The zero-order valence-electron chi connectivity index (χ0n) is 10.4. The molecule has 90 valence electrons. The Kier molecular flexibility index (Phi) is 4.33. The quantitative estimate of drug-likeness (QED) is 0.801. The van der Waals surface area contributed by atoms with Gasteiger partial charge in [0, 0.05) is 6.04 Å². The van der Waals surface area contributed by atoms with Crippen LogP contribution >= 0.6 is 0 Å². The molecular weight excluding hydrogens is 200 g/mol. The van der Waals surface area contributed by atoms with Crippen LogP contribution < -0.4 is 16.2 Å². The molecule has 3 nitrogen and oxygen atoms in total. The van der Waals surface area contributed by atoms with Crippen LogP contribution in [0.4, 0.5) is 0 Å². The molecule has 0 aliphatic rings. The Bertz CT molecular complexity index is 336. The summed E-state index contributed by atoms with van der Waals surface area (Å²) >= 11 is 0. The predicted octanol–water partition coefficient (Wildman–Crippen LogP) is 2.07. The summed E-state index contributed by atoms with van der Waals surface area (Å²) in [5.41, 5.74) is 13.0. The largest absolute Gasteiger partial charge is 0.497 e. The number of rotatable bonds is 5. The molecule has 4 N–H and O–H groups in total. The fraction of sp³-hybridized carbons (Fsp3) is 0.538. The van der Waals surface area contributed by atoms with Gasteiger partial charge in [-0.25, -0.2) is 0 Å². The Morgan fingerprint density at radius 3 is 2.62 bits per heavy atom. The third-order valence-electron chi connectivity index (χ3n) is 2.85. The molecule has 0 saturated heterocycles. The van der Waals surface area contributed by atoms with Crippen LogP contribution in [-0.4, -0.2) is 13.7 Å². The van der Waals surface area contributed by atoms with Gasteiger partial charge >= 0.3 is 0 Å². The molecule has 1 unspecified atom stereocenters. The molecule has 1 atom stereocenters. The topological polar surface area (TPSA) is 61.3 Å². The first-order chi connectivity index (χ1) is 7.48. The van der Waals surface area contributed by atoms with E-state index in [-0.39, 0.29) is 11.5 Å². The number of hydrogen-bond acceptors (Lipinski definition) is 3. The van der Waals surface area contributed by atoms with Gasteiger partial charge in [-0.2, -0.15) is 0 Å². The van der Waals surface area contributed by atoms with Crippen LogP contribution in [0.3, 0.4) is 0 Å². The fourth-order valence-electron chi connectivity index (χ4n) is 1.67. The molecule has 0 heterocycles. The lowest BCUT2D eigenvalue weighted by Crippen LogP contribution is -2.28. The second-order valence-electron chi connectivity index (χ2n) is 4.96. The molecule has 1 aromatic rings. The van der Waals surface area contributed by atoms with Gasteiger partial charge in [0.2, 0.25) is 0 Å². The minimum atomic E-state index is 0.00801. The molecule has 1 aromatic carbocycles. The van der Waals surface area contributed by atoms with E-state index in [1.54, 1.807) is 7.11 Å². The summed E-state index contributed by atoms with van der Waals surface area (Å²) in [6.45, 7) is 4.91. The van der Waals surface area contributed by atoms with Crippen molar-refractivity contribution < 1.29 is 4.74 Å². The number of nitrogens with two attached hydrogens (primary N) is 2. The van der Waals surface area contributed by atoms with Gasteiger partial charge in [-0.15, -0.1) is 0 Å². The lowest BCUT2D eigenvalue weighted by molar-refractivity contribution is 0.317. The third kappa shape index (κ3) is 3.51. The van der Waals surface area contributed by atoms with E-state index in [4.69, 9.17) is 16.2 Å². The van der Waals surface area contributed by atoms with Crippen LogP contribution in [0.5, 0.6) is 5.75 Å². The molecule has 3 heteroatoms. The van der Waals surface area contributed by atoms with Gasteiger partial charge in [-0.1, -0.05) is 26.0 Å². The first-order valence-corrected chi connectivity index (χ1v) is 5.58. The average molecular weight is 222 g/mol. The smallest absolute Gasteiger partial charge is 0.119 e. The van der Waals surface area contributed by atoms with Crippen LogP contribution in [0.25, 0.3) is 0 Å². The molecule has 16 heavy (non-hydrogen) atoms. The van der Waals surface area contributed by atoms with E-state index in [0.717, 1.165) is 17.7 Å². The molecule has 0 aliphatic heterocycles. The van der Waals surface area contributed by atoms with Crippen molar-refractivity contribution in [3.63, 3.8) is 0 Å². The molecule has 0 saturated carbocycles. The van der Waals surface area contributed by atoms with Crippen molar-refractivity contribution in [2.45, 2.75) is 26.3 Å². The Labute approximate surface area is 97.8 Å². The summed E-state index contributed by atoms with van der Waals surface area (Å²) in [6.07, 6.45) is 0.872. The molecule has 1 rings (SSSR count). The molecule has 0 aliphatic carbocycles. The lowest BCUT2D eigenvalue weighted by Gasteiger charge is -2.26. The SMILES string of the molecule is COc1cccc(C(N)CC(C)(C)CN)c1.